The maximum Gasteiger partial charge on any atom is 0.348 e. The van der Waals surface area contributed by atoms with Gasteiger partial charge in [-0.3, -0.25) is 14.2 Å². The molecule has 0 spiro atoms. The van der Waals surface area contributed by atoms with E-state index in [2.05, 4.69) is 10.3 Å². The van der Waals surface area contributed by atoms with Crippen molar-refractivity contribution in [2.45, 2.75) is 34.2 Å². The van der Waals surface area contributed by atoms with E-state index in [-0.39, 0.29) is 42.3 Å². The zero-order valence-electron chi connectivity index (χ0n) is 18.8. The molecule has 0 atom stereocenters. The standard InChI is InChI=1S/C23H25N3O6S/c1-5-31-22(29)15-8-6-7-9-16(15)25-17(27)10-26-12-24-20-18(21(26)28)14(4)19(33-20)23(30)32-11-13(2)3/h6-9,12-13H,5,10-11H2,1-4H3,(H,25,27). The van der Waals surface area contributed by atoms with Crippen LogP contribution < -0.4 is 10.9 Å². The van der Waals surface area contributed by atoms with E-state index in [1.807, 2.05) is 13.8 Å². The minimum absolute atomic E-state index is 0.187. The number of fused-ring (bicyclic) bond motifs is 1. The number of ether oxygens (including phenoxy) is 2. The highest BCUT2D eigenvalue weighted by Gasteiger charge is 2.21. The Morgan fingerprint density at radius 1 is 1.15 bits per heavy atom. The second-order valence-corrected chi connectivity index (χ2v) is 8.72. The van der Waals surface area contributed by atoms with Crippen LogP contribution in [0.3, 0.4) is 0 Å². The lowest BCUT2D eigenvalue weighted by atomic mass is 10.2. The fourth-order valence-electron chi connectivity index (χ4n) is 3.10. The van der Waals surface area contributed by atoms with Crippen LogP contribution in [0.2, 0.25) is 0 Å². The van der Waals surface area contributed by atoms with Crippen molar-refractivity contribution in [3.05, 3.63) is 57.0 Å². The first-order valence-corrected chi connectivity index (χ1v) is 11.3. The largest absolute Gasteiger partial charge is 0.462 e. The van der Waals surface area contributed by atoms with E-state index in [1.165, 1.54) is 6.33 Å². The van der Waals surface area contributed by atoms with Crippen LogP contribution in [0, 0.1) is 12.8 Å². The number of para-hydroxylation sites is 1. The van der Waals surface area contributed by atoms with Crippen molar-refractivity contribution in [1.82, 2.24) is 9.55 Å². The number of benzene rings is 1. The van der Waals surface area contributed by atoms with E-state index in [9.17, 15) is 19.2 Å². The Morgan fingerprint density at radius 3 is 2.58 bits per heavy atom. The maximum atomic E-state index is 13.0. The normalized spacial score (nSPS) is 10.9. The lowest BCUT2D eigenvalue weighted by molar-refractivity contribution is -0.116. The van der Waals surface area contributed by atoms with Gasteiger partial charge in [0.15, 0.2) is 0 Å². The summed E-state index contributed by atoms with van der Waals surface area (Å²) < 4.78 is 11.5. The van der Waals surface area contributed by atoms with Crippen LogP contribution in [0.4, 0.5) is 5.69 Å². The van der Waals surface area contributed by atoms with E-state index in [0.29, 0.717) is 15.3 Å². The molecule has 0 radical (unpaired) electrons. The number of thiophene rings is 1. The Hall–Kier alpha value is -3.53. The van der Waals surface area contributed by atoms with Crippen molar-refractivity contribution in [3.63, 3.8) is 0 Å². The second kappa shape index (κ2) is 10.4. The number of anilines is 1. The van der Waals surface area contributed by atoms with Crippen molar-refractivity contribution in [3.8, 4) is 0 Å². The molecule has 2 heterocycles. The van der Waals surface area contributed by atoms with Crippen LogP contribution in [0.15, 0.2) is 35.4 Å². The molecule has 33 heavy (non-hydrogen) atoms. The zero-order valence-corrected chi connectivity index (χ0v) is 19.7. The fraction of sp³-hybridized carbons (Fsp3) is 0.348. The molecule has 9 nitrogen and oxygen atoms in total. The third kappa shape index (κ3) is 5.46. The molecule has 2 aromatic heterocycles. The minimum Gasteiger partial charge on any atom is -0.462 e. The Labute approximate surface area is 194 Å². The number of carbonyl (C=O) groups excluding carboxylic acids is 3. The number of esters is 2. The Balaban J connectivity index is 1.83. The highest BCUT2D eigenvalue weighted by molar-refractivity contribution is 7.20. The Bertz CT molecular complexity index is 1260. The number of nitrogens with one attached hydrogen (secondary N) is 1. The van der Waals surface area contributed by atoms with Gasteiger partial charge < -0.3 is 14.8 Å². The predicted molar refractivity (Wildman–Crippen MR) is 125 cm³/mol. The summed E-state index contributed by atoms with van der Waals surface area (Å²) in [4.78, 5) is 55.1. The van der Waals surface area contributed by atoms with Gasteiger partial charge in [-0.1, -0.05) is 26.0 Å². The summed E-state index contributed by atoms with van der Waals surface area (Å²) in [6.07, 6.45) is 1.26. The Kier molecular flexibility index (Phi) is 7.59. The summed E-state index contributed by atoms with van der Waals surface area (Å²) in [6, 6.07) is 6.45. The number of amides is 1. The molecule has 0 saturated heterocycles. The van der Waals surface area contributed by atoms with Crippen LogP contribution in [0.25, 0.3) is 10.2 Å². The molecule has 0 aliphatic heterocycles. The predicted octanol–water partition coefficient (Wildman–Crippen LogP) is 3.39. The highest BCUT2D eigenvalue weighted by atomic mass is 32.1. The summed E-state index contributed by atoms with van der Waals surface area (Å²) in [5, 5.41) is 2.92. The van der Waals surface area contributed by atoms with Gasteiger partial charge in [-0.25, -0.2) is 14.6 Å². The lowest BCUT2D eigenvalue weighted by Crippen LogP contribution is -2.28. The smallest absolute Gasteiger partial charge is 0.348 e. The van der Waals surface area contributed by atoms with Crippen molar-refractivity contribution in [1.29, 1.82) is 0 Å². The van der Waals surface area contributed by atoms with Gasteiger partial charge in [0.25, 0.3) is 5.56 Å². The first-order chi connectivity index (χ1) is 15.7. The number of hydrogen-bond acceptors (Lipinski definition) is 8. The summed E-state index contributed by atoms with van der Waals surface area (Å²) >= 11 is 1.09. The van der Waals surface area contributed by atoms with Gasteiger partial charge in [0.2, 0.25) is 5.91 Å². The molecule has 0 bridgehead atoms. The van der Waals surface area contributed by atoms with Gasteiger partial charge >= 0.3 is 11.9 Å². The quantitative estimate of drug-likeness (QED) is 0.501. The molecule has 0 unspecified atom stereocenters. The molecule has 0 aliphatic rings. The number of aryl methyl sites for hydroxylation is 1. The van der Waals surface area contributed by atoms with Gasteiger partial charge in [0, 0.05) is 0 Å². The van der Waals surface area contributed by atoms with E-state index < -0.39 is 23.4 Å². The summed E-state index contributed by atoms with van der Waals surface area (Å²) in [7, 11) is 0. The molecule has 0 aliphatic carbocycles. The molecular formula is C23H25N3O6S. The second-order valence-electron chi connectivity index (χ2n) is 7.72. The van der Waals surface area contributed by atoms with Gasteiger partial charge in [-0.05, 0) is 37.5 Å². The topological polar surface area (TPSA) is 117 Å². The Morgan fingerprint density at radius 2 is 1.88 bits per heavy atom. The molecule has 0 saturated carbocycles. The SMILES string of the molecule is CCOC(=O)c1ccccc1NC(=O)Cn1cnc2sc(C(=O)OCC(C)C)c(C)c2c1=O. The zero-order chi connectivity index (χ0) is 24.1. The number of carbonyl (C=O) groups is 3. The third-order valence-electron chi connectivity index (χ3n) is 4.66. The average Bonchev–Trinajstić information content (AvgIpc) is 3.11. The van der Waals surface area contributed by atoms with Gasteiger partial charge in [-0.2, -0.15) is 0 Å². The molecule has 3 rings (SSSR count). The molecule has 1 N–H and O–H groups in total. The number of rotatable bonds is 8. The molecule has 174 valence electrons. The van der Waals surface area contributed by atoms with Crippen LogP contribution in [0.5, 0.6) is 0 Å². The third-order valence-corrected chi connectivity index (χ3v) is 5.84. The van der Waals surface area contributed by atoms with Crippen molar-refractivity contribution in [2.24, 2.45) is 5.92 Å². The van der Waals surface area contributed by atoms with Crippen molar-refractivity contribution < 1.29 is 23.9 Å². The first-order valence-electron chi connectivity index (χ1n) is 10.4. The van der Waals surface area contributed by atoms with Crippen molar-refractivity contribution in [2.75, 3.05) is 18.5 Å². The lowest BCUT2D eigenvalue weighted by Gasteiger charge is -2.11. The van der Waals surface area contributed by atoms with E-state index in [4.69, 9.17) is 9.47 Å². The molecular weight excluding hydrogens is 446 g/mol. The molecule has 1 aromatic carbocycles. The van der Waals surface area contributed by atoms with Crippen LogP contribution in [0.1, 0.15) is 46.4 Å². The molecule has 1 amide bonds. The summed E-state index contributed by atoms with van der Waals surface area (Å²) in [5.41, 5.74) is 0.533. The average molecular weight is 472 g/mol. The highest BCUT2D eigenvalue weighted by Crippen LogP contribution is 2.27. The maximum absolute atomic E-state index is 13.0. The van der Waals surface area contributed by atoms with Crippen molar-refractivity contribution >= 4 is 45.1 Å². The van der Waals surface area contributed by atoms with Crippen LogP contribution in [-0.2, 0) is 20.8 Å². The van der Waals surface area contributed by atoms with E-state index >= 15 is 0 Å². The minimum atomic E-state index is -0.556. The number of aromatic nitrogens is 2. The number of nitrogens with zero attached hydrogens (tertiary/aromatic N) is 2. The monoisotopic (exact) mass is 471 g/mol. The van der Waals surface area contributed by atoms with Gasteiger partial charge in [0.1, 0.15) is 16.3 Å². The first kappa shape index (κ1) is 24.1. The van der Waals surface area contributed by atoms with E-state index in [0.717, 1.165) is 15.9 Å². The van der Waals surface area contributed by atoms with Crippen LogP contribution in [-0.4, -0.2) is 40.6 Å². The van der Waals surface area contributed by atoms with Gasteiger partial charge in [0.05, 0.1) is 36.2 Å². The number of hydrogen-bond donors (Lipinski definition) is 1. The summed E-state index contributed by atoms with van der Waals surface area (Å²) in [6.45, 7) is 7.38. The molecule has 10 heteroatoms. The van der Waals surface area contributed by atoms with Gasteiger partial charge in [-0.15, -0.1) is 11.3 Å². The molecule has 0 fully saturated rings. The van der Waals surface area contributed by atoms with E-state index in [1.54, 1.807) is 38.1 Å². The fourth-order valence-corrected chi connectivity index (χ4v) is 4.13. The molecule has 3 aromatic rings. The van der Waals surface area contributed by atoms with Crippen LogP contribution >= 0.6 is 11.3 Å². The summed E-state index contributed by atoms with van der Waals surface area (Å²) in [5.74, 6) is -1.38.